The van der Waals surface area contributed by atoms with Gasteiger partial charge in [-0.2, -0.15) is 5.10 Å². The van der Waals surface area contributed by atoms with E-state index in [1.165, 1.54) is 16.8 Å². The average molecular weight is 322 g/mol. The minimum atomic E-state index is -0.242. The molecule has 0 spiro atoms. The molecule has 3 rings (SSSR count). The van der Waals surface area contributed by atoms with Crippen molar-refractivity contribution in [3.8, 4) is 22.4 Å². The maximum atomic E-state index is 13.0. The van der Waals surface area contributed by atoms with Gasteiger partial charge in [-0.25, -0.2) is 9.07 Å². The molecule has 0 aliphatic rings. The lowest BCUT2D eigenvalue weighted by atomic mass is 10.0. The Labute approximate surface area is 140 Å². The Hall–Kier alpha value is -2.75. The second-order valence-electron chi connectivity index (χ2n) is 5.72. The van der Waals surface area contributed by atoms with E-state index >= 15 is 0 Å². The van der Waals surface area contributed by atoms with Crippen molar-refractivity contribution in [2.75, 3.05) is 0 Å². The molecule has 0 radical (unpaired) electrons. The minimum absolute atomic E-state index is 0.0740. The number of benzene rings is 2. The Kier molecular flexibility index (Phi) is 4.85. The van der Waals surface area contributed by atoms with Crippen LogP contribution in [0.15, 0.2) is 65.5 Å². The molecule has 0 atom stereocenters. The number of aryl methyl sites for hydroxylation is 1. The Balaban J connectivity index is 1.88. The van der Waals surface area contributed by atoms with Crippen LogP contribution in [0.25, 0.3) is 22.4 Å². The SMILES string of the molecule is CCCCn1nc(-c2ccc(-c3ccc(F)cc3)cc2)ccc1=O. The van der Waals surface area contributed by atoms with E-state index in [-0.39, 0.29) is 11.4 Å². The van der Waals surface area contributed by atoms with Gasteiger partial charge in [0, 0.05) is 18.2 Å². The Morgan fingerprint density at radius 3 is 2.08 bits per heavy atom. The fourth-order valence-corrected chi connectivity index (χ4v) is 2.55. The van der Waals surface area contributed by atoms with Crippen molar-refractivity contribution in [1.29, 1.82) is 0 Å². The van der Waals surface area contributed by atoms with Crippen LogP contribution < -0.4 is 5.56 Å². The first kappa shape index (κ1) is 16.1. The summed E-state index contributed by atoms with van der Waals surface area (Å²) < 4.78 is 14.5. The van der Waals surface area contributed by atoms with E-state index in [9.17, 15) is 9.18 Å². The Morgan fingerprint density at radius 1 is 0.875 bits per heavy atom. The third kappa shape index (κ3) is 3.59. The highest BCUT2D eigenvalue weighted by Gasteiger charge is 2.04. The van der Waals surface area contributed by atoms with Crippen LogP contribution in [-0.4, -0.2) is 9.78 Å². The molecule has 0 aliphatic carbocycles. The lowest BCUT2D eigenvalue weighted by Gasteiger charge is -2.07. The molecule has 0 bridgehead atoms. The smallest absolute Gasteiger partial charge is 0.266 e. The number of aromatic nitrogens is 2. The van der Waals surface area contributed by atoms with Crippen LogP contribution in [0.5, 0.6) is 0 Å². The fourth-order valence-electron chi connectivity index (χ4n) is 2.55. The maximum absolute atomic E-state index is 13.0. The fraction of sp³-hybridized carbons (Fsp3) is 0.200. The zero-order valence-electron chi connectivity index (χ0n) is 13.6. The van der Waals surface area contributed by atoms with Crippen molar-refractivity contribution in [1.82, 2.24) is 9.78 Å². The third-order valence-corrected chi connectivity index (χ3v) is 3.95. The predicted octanol–water partition coefficient (Wildman–Crippen LogP) is 4.52. The first-order valence-electron chi connectivity index (χ1n) is 8.12. The first-order valence-corrected chi connectivity index (χ1v) is 8.12. The molecule has 0 unspecified atom stereocenters. The van der Waals surface area contributed by atoms with Crippen LogP contribution in [-0.2, 0) is 6.54 Å². The summed E-state index contributed by atoms with van der Waals surface area (Å²) in [6, 6.07) is 17.6. The minimum Gasteiger partial charge on any atom is -0.268 e. The summed E-state index contributed by atoms with van der Waals surface area (Å²) in [6.45, 7) is 2.72. The summed E-state index contributed by atoms with van der Waals surface area (Å²) >= 11 is 0. The van der Waals surface area contributed by atoms with Crippen LogP contribution in [0.4, 0.5) is 4.39 Å². The van der Waals surface area contributed by atoms with Crippen molar-refractivity contribution < 1.29 is 4.39 Å². The zero-order chi connectivity index (χ0) is 16.9. The van der Waals surface area contributed by atoms with E-state index < -0.39 is 0 Å². The van der Waals surface area contributed by atoms with Crippen LogP contribution in [0.1, 0.15) is 19.8 Å². The van der Waals surface area contributed by atoms with Gasteiger partial charge in [0.15, 0.2) is 0 Å². The zero-order valence-corrected chi connectivity index (χ0v) is 13.6. The molecule has 3 nitrogen and oxygen atoms in total. The first-order chi connectivity index (χ1) is 11.7. The number of hydrogen-bond donors (Lipinski definition) is 0. The van der Waals surface area contributed by atoms with Gasteiger partial charge in [-0.3, -0.25) is 4.79 Å². The second-order valence-corrected chi connectivity index (χ2v) is 5.72. The van der Waals surface area contributed by atoms with Crippen molar-refractivity contribution >= 4 is 0 Å². The summed E-state index contributed by atoms with van der Waals surface area (Å²) in [5, 5.41) is 4.45. The topological polar surface area (TPSA) is 34.9 Å². The molecule has 0 fully saturated rings. The Bertz CT molecular complexity index is 867. The molecule has 4 heteroatoms. The van der Waals surface area contributed by atoms with Gasteiger partial charge in [-0.15, -0.1) is 0 Å². The summed E-state index contributed by atoms with van der Waals surface area (Å²) in [6.07, 6.45) is 1.95. The molecule has 0 saturated heterocycles. The number of hydrogen-bond acceptors (Lipinski definition) is 2. The summed E-state index contributed by atoms with van der Waals surface area (Å²) in [5.41, 5.74) is 3.62. The number of halogens is 1. The van der Waals surface area contributed by atoms with Crippen molar-refractivity contribution in [3.05, 3.63) is 76.8 Å². The molecule has 2 aromatic carbocycles. The summed E-state index contributed by atoms with van der Waals surface area (Å²) in [7, 11) is 0. The molecule has 0 aliphatic heterocycles. The summed E-state index contributed by atoms with van der Waals surface area (Å²) in [5.74, 6) is -0.242. The van der Waals surface area contributed by atoms with E-state index in [0.29, 0.717) is 6.54 Å². The second kappa shape index (κ2) is 7.21. The maximum Gasteiger partial charge on any atom is 0.266 e. The van der Waals surface area contributed by atoms with E-state index in [0.717, 1.165) is 35.2 Å². The molecule has 1 aromatic heterocycles. The molecular formula is C20H19FN2O. The van der Waals surface area contributed by atoms with Gasteiger partial charge in [-0.1, -0.05) is 49.7 Å². The van der Waals surface area contributed by atoms with Crippen molar-refractivity contribution in [3.63, 3.8) is 0 Å². The monoisotopic (exact) mass is 322 g/mol. The highest BCUT2D eigenvalue weighted by atomic mass is 19.1. The Morgan fingerprint density at radius 2 is 1.46 bits per heavy atom. The number of unbranched alkanes of at least 4 members (excludes halogenated alkanes) is 1. The molecule has 3 aromatic rings. The highest BCUT2D eigenvalue weighted by molar-refractivity contribution is 5.68. The number of rotatable bonds is 5. The predicted molar refractivity (Wildman–Crippen MR) is 94.2 cm³/mol. The van der Waals surface area contributed by atoms with Gasteiger partial charge in [-0.05, 0) is 35.7 Å². The van der Waals surface area contributed by atoms with E-state index in [4.69, 9.17) is 0 Å². The molecule has 0 N–H and O–H groups in total. The van der Waals surface area contributed by atoms with Gasteiger partial charge < -0.3 is 0 Å². The van der Waals surface area contributed by atoms with Crippen molar-refractivity contribution in [2.45, 2.75) is 26.3 Å². The molecule has 0 saturated carbocycles. The van der Waals surface area contributed by atoms with E-state index in [2.05, 4.69) is 12.0 Å². The summed E-state index contributed by atoms with van der Waals surface area (Å²) in [4.78, 5) is 11.8. The van der Waals surface area contributed by atoms with Gasteiger partial charge >= 0.3 is 0 Å². The molecule has 122 valence electrons. The molecule has 1 heterocycles. The van der Waals surface area contributed by atoms with Crippen LogP contribution in [0.3, 0.4) is 0 Å². The molecule has 0 amide bonds. The normalized spacial score (nSPS) is 10.8. The average Bonchev–Trinajstić information content (AvgIpc) is 2.62. The lowest BCUT2D eigenvalue weighted by molar-refractivity contribution is 0.545. The van der Waals surface area contributed by atoms with Crippen LogP contribution in [0, 0.1) is 5.82 Å². The van der Waals surface area contributed by atoms with E-state index in [1.54, 1.807) is 24.3 Å². The quantitative estimate of drug-likeness (QED) is 0.692. The highest BCUT2D eigenvalue weighted by Crippen LogP contribution is 2.23. The van der Waals surface area contributed by atoms with Gasteiger partial charge in [0.2, 0.25) is 0 Å². The molecule has 24 heavy (non-hydrogen) atoms. The largest absolute Gasteiger partial charge is 0.268 e. The third-order valence-electron chi connectivity index (χ3n) is 3.95. The van der Waals surface area contributed by atoms with Crippen molar-refractivity contribution in [2.24, 2.45) is 0 Å². The van der Waals surface area contributed by atoms with E-state index in [1.807, 2.05) is 24.3 Å². The standard InChI is InChI=1S/C20H19FN2O/c1-2-3-14-23-20(24)13-12-19(22-23)17-6-4-15(5-7-17)16-8-10-18(21)11-9-16/h4-13H,2-3,14H2,1H3. The van der Waals surface area contributed by atoms with Crippen LogP contribution >= 0.6 is 0 Å². The van der Waals surface area contributed by atoms with Crippen LogP contribution in [0.2, 0.25) is 0 Å². The van der Waals surface area contributed by atoms with Gasteiger partial charge in [0.05, 0.1) is 5.69 Å². The lowest BCUT2D eigenvalue weighted by Crippen LogP contribution is -2.22. The number of nitrogens with zero attached hydrogens (tertiary/aromatic N) is 2. The van der Waals surface area contributed by atoms with Gasteiger partial charge in [0.1, 0.15) is 5.82 Å². The molecular weight excluding hydrogens is 303 g/mol. The van der Waals surface area contributed by atoms with Gasteiger partial charge in [0.25, 0.3) is 5.56 Å².